The van der Waals surface area contributed by atoms with Crippen LogP contribution in [0.25, 0.3) is 0 Å². The standard InChI is InChI=1S/C24H30N7O2/c1-3-29(11-15-31-12-8-28(9-13-31)10-14-31)21-4-6-23(19(2)16-21)26-27-24-7-5-22(30(32)33)17-20(24)18-25/h4-7,16-17H,3,8-15H2,1-2H3/q+1. The van der Waals surface area contributed by atoms with Crippen molar-refractivity contribution in [3.63, 3.8) is 0 Å². The number of anilines is 1. The lowest BCUT2D eigenvalue weighted by Crippen LogP contribution is -2.68. The molecule has 3 saturated heterocycles. The molecule has 3 aliphatic heterocycles. The molecule has 0 aliphatic carbocycles. The molecule has 0 unspecified atom stereocenters. The number of benzene rings is 2. The minimum absolute atomic E-state index is 0.130. The van der Waals surface area contributed by atoms with Crippen molar-refractivity contribution in [2.75, 3.05) is 63.8 Å². The highest BCUT2D eigenvalue weighted by atomic mass is 16.6. The third-order valence-electron chi connectivity index (χ3n) is 7.02. The number of nitriles is 1. The Labute approximate surface area is 194 Å². The van der Waals surface area contributed by atoms with Gasteiger partial charge in [0.1, 0.15) is 11.8 Å². The van der Waals surface area contributed by atoms with Gasteiger partial charge < -0.3 is 9.38 Å². The second-order valence-electron chi connectivity index (χ2n) is 8.90. The number of quaternary nitrogens is 1. The molecular weight excluding hydrogens is 418 g/mol. The van der Waals surface area contributed by atoms with Crippen molar-refractivity contribution < 1.29 is 9.41 Å². The summed E-state index contributed by atoms with van der Waals surface area (Å²) in [5.74, 6) is 0. The summed E-state index contributed by atoms with van der Waals surface area (Å²) in [6.45, 7) is 14.8. The lowest BCUT2D eigenvalue weighted by atomic mass is 10.1. The molecular formula is C24H30N7O2+. The van der Waals surface area contributed by atoms with Crippen molar-refractivity contribution in [1.29, 1.82) is 5.26 Å². The van der Waals surface area contributed by atoms with Gasteiger partial charge in [0.2, 0.25) is 0 Å². The largest absolute Gasteiger partial charge is 0.366 e. The van der Waals surface area contributed by atoms with E-state index < -0.39 is 4.92 Å². The van der Waals surface area contributed by atoms with E-state index in [-0.39, 0.29) is 11.3 Å². The molecule has 172 valence electrons. The van der Waals surface area contributed by atoms with Crippen molar-refractivity contribution in [1.82, 2.24) is 4.90 Å². The summed E-state index contributed by atoms with van der Waals surface area (Å²) in [6, 6.07) is 12.1. The topological polar surface area (TPSA) is 98.1 Å². The number of hydrogen-bond acceptors (Lipinski definition) is 7. The van der Waals surface area contributed by atoms with Gasteiger partial charge >= 0.3 is 0 Å². The zero-order valence-electron chi connectivity index (χ0n) is 19.3. The van der Waals surface area contributed by atoms with Gasteiger partial charge in [-0.05, 0) is 43.7 Å². The van der Waals surface area contributed by atoms with Gasteiger partial charge in [-0.2, -0.15) is 10.4 Å². The number of nitro groups is 1. The predicted molar refractivity (Wildman–Crippen MR) is 127 cm³/mol. The maximum Gasteiger partial charge on any atom is 0.270 e. The van der Waals surface area contributed by atoms with Crippen LogP contribution in [0.3, 0.4) is 0 Å². The van der Waals surface area contributed by atoms with Gasteiger partial charge in [0.15, 0.2) is 0 Å². The first-order valence-corrected chi connectivity index (χ1v) is 11.5. The number of likely N-dealkylation sites (N-methyl/N-ethyl adjacent to an activating group) is 1. The van der Waals surface area contributed by atoms with Gasteiger partial charge in [0.05, 0.1) is 48.9 Å². The van der Waals surface area contributed by atoms with Crippen LogP contribution >= 0.6 is 0 Å². The Morgan fingerprint density at radius 3 is 2.39 bits per heavy atom. The van der Waals surface area contributed by atoms with E-state index in [0.717, 1.165) is 18.7 Å². The summed E-state index contributed by atoms with van der Waals surface area (Å²) < 4.78 is 1.24. The predicted octanol–water partition coefficient (Wildman–Crippen LogP) is 4.16. The molecule has 0 spiro atoms. The molecule has 2 aromatic rings. The van der Waals surface area contributed by atoms with Crippen LogP contribution in [0.5, 0.6) is 0 Å². The first kappa shape index (κ1) is 22.8. The van der Waals surface area contributed by atoms with Crippen molar-refractivity contribution in [2.24, 2.45) is 10.2 Å². The lowest BCUT2D eigenvalue weighted by Gasteiger charge is -2.51. The van der Waals surface area contributed by atoms with Crippen LogP contribution in [0, 0.1) is 28.4 Å². The van der Waals surface area contributed by atoms with Crippen LogP contribution in [-0.4, -0.2) is 73.2 Å². The van der Waals surface area contributed by atoms with E-state index in [1.165, 1.54) is 74.2 Å². The SMILES string of the molecule is CCN(CC[N+]12CCN(CC1)CC2)c1ccc(N=Nc2ccc([N+](=O)[O-])cc2C#N)c(C)c1. The third-order valence-corrected chi connectivity index (χ3v) is 7.02. The Morgan fingerprint density at radius 1 is 1.12 bits per heavy atom. The molecule has 2 aromatic carbocycles. The molecule has 9 heteroatoms. The van der Waals surface area contributed by atoms with Crippen molar-refractivity contribution in [3.05, 3.63) is 57.6 Å². The molecule has 9 nitrogen and oxygen atoms in total. The Bertz CT molecular complexity index is 1090. The van der Waals surface area contributed by atoms with Gasteiger partial charge in [-0.15, -0.1) is 5.11 Å². The molecule has 0 saturated carbocycles. The third kappa shape index (κ3) is 5.02. The summed E-state index contributed by atoms with van der Waals surface area (Å²) in [4.78, 5) is 15.4. The Kier molecular flexibility index (Phi) is 6.67. The summed E-state index contributed by atoms with van der Waals surface area (Å²) in [5, 5.41) is 28.7. The van der Waals surface area contributed by atoms with Crippen LogP contribution in [0.1, 0.15) is 18.1 Å². The molecule has 3 aliphatic rings. The normalized spacial score (nSPS) is 21.8. The summed E-state index contributed by atoms with van der Waals surface area (Å²) in [6.07, 6.45) is 0. The minimum atomic E-state index is -0.528. The fourth-order valence-corrected chi connectivity index (χ4v) is 4.74. The Balaban J connectivity index is 1.46. The number of nitrogens with zero attached hydrogens (tertiary/aromatic N) is 7. The van der Waals surface area contributed by atoms with Gasteiger partial charge in [0.25, 0.3) is 5.69 Å². The van der Waals surface area contributed by atoms with E-state index in [1.54, 1.807) is 0 Å². The molecule has 0 radical (unpaired) electrons. The first-order valence-electron chi connectivity index (χ1n) is 11.5. The molecule has 5 rings (SSSR count). The molecule has 33 heavy (non-hydrogen) atoms. The summed E-state index contributed by atoms with van der Waals surface area (Å²) in [7, 11) is 0. The van der Waals surface area contributed by atoms with Gasteiger partial charge in [0, 0.05) is 44.0 Å². The number of nitro benzene ring substituents is 1. The number of piperazine rings is 3. The highest BCUT2D eigenvalue weighted by Crippen LogP contribution is 2.29. The van der Waals surface area contributed by atoms with Crippen LogP contribution < -0.4 is 4.90 Å². The maximum atomic E-state index is 10.9. The van der Waals surface area contributed by atoms with Crippen LogP contribution in [0.15, 0.2) is 46.6 Å². The van der Waals surface area contributed by atoms with E-state index in [0.29, 0.717) is 11.4 Å². The average molecular weight is 449 g/mol. The summed E-state index contributed by atoms with van der Waals surface area (Å²) >= 11 is 0. The van der Waals surface area contributed by atoms with E-state index in [2.05, 4.69) is 39.1 Å². The second kappa shape index (κ2) is 9.65. The van der Waals surface area contributed by atoms with Crippen LogP contribution in [0.2, 0.25) is 0 Å². The smallest absolute Gasteiger partial charge is 0.270 e. The van der Waals surface area contributed by atoms with Crippen molar-refractivity contribution in [3.8, 4) is 6.07 Å². The second-order valence-corrected chi connectivity index (χ2v) is 8.90. The van der Waals surface area contributed by atoms with Crippen LogP contribution in [0.4, 0.5) is 22.7 Å². The Morgan fingerprint density at radius 2 is 1.79 bits per heavy atom. The highest BCUT2D eigenvalue weighted by Gasteiger charge is 2.38. The zero-order chi connectivity index (χ0) is 23.4. The zero-order valence-corrected chi connectivity index (χ0v) is 19.3. The van der Waals surface area contributed by atoms with Gasteiger partial charge in [-0.25, -0.2) is 0 Å². The average Bonchev–Trinajstić information content (AvgIpc) is 2.84. The van der Waals surface area contributed by atoms with E-state index in [1.807, 2.05) is 19.1 Å². The van der Waals surface area contributed by atoms with E-state index in [9.17, 15) is 15.4 Å². The number of azo groups is 1. The quantitative estimate of drug-likeness (QED) is 0.261. The number of fused-ring (bicyclic) bond motifs is 3. The molecule has 0 atom stereocenters. The molecule has 3 fully saturated rings. The fraction of sp³-hybridized carbons (Fsp3) is 0.458. The highest BCUT2D eigenvalue weighted by molar-refractivity contribution is 5.60. The summed E-state index contributed by atoms with van der Waals surface area (Å²) in [5.41, 5.74) is 3.20. The molecule has 0 aromatic heterocycles. The fourth-order valence-electron chi connectivity index (χ4n) is 4.74. The number of rotatable bonds is 8. The maximum absolute atomic E-state index is 10.9. The Hall–Kier alpha value is -3.35. The molecule has 0 amide bonds. The van der Waals surface area contributed by atoms with Crippen molar-refractivity contribution >= 4 is 22.7 Å². The molecule has 3 heterocycles. The first-order chi connectivity index (χ1) is 15.9. The van der Waals surface area contributed by atoms with Gasteiger partial charge in [-0.1, -0.05) is 0 Å². The van der Waals surface area contributed by atoms with Crippen LogP contribution in [-0.2, 0) is 0 Å². The van der Waals surface area contributed by atoms with E-state index >= 15 is 0 Å². The monoisotopic (exact) mass is 448 g/mol. The minimum Gasteiger partial charge on any atom is -0.366 e. The van der Waals surface area contributed by atoms with Crippen molar-refractivity contribution in [2.45, 2.75) is 13.8 Å². The number of aryl methyl sites for hydroxylation is 1. The molecule has 0 N–H and O–H groups in total. The lowest BCUT2D eigenvalue weighted by molar-refractivity contribution is -0.939. The number of non-ortho nitro benzene ring substituents is 1. The molecule has 2 bridgehead atoms. The van der Waals surface area contributed by atoms with E-state index in [4.69, 9.17) is 0 Å². The van der Waals surface area contributed by atoms with Gasteiger partial charge in [-0.3, -0.25) is 15.0 Å². The number of hydrogen-bond donors (Lipinski definition) is 0.